The lowest BCUT2D eigenvalue weighted by atomic mass is 9.62. The number of β-amino-alcohol motifs (C(OH)–C–C–N with tert-alkyl or cyclic N) is 1. The zero-order valence-electron chi connectivity index (χ0n) is 22.9. The summed E-state index contributed by atoms with van der Waals surface area (Å²) in [5.74, 6) is -2.91. The van der Waals surface area contributed by atoms with E-state index in [9.17, 15) is 19.5 Å². The second kappa shape index (κ2) is 10.7. The highest BCUT2D eigenvalue weighted by atomic mass is 16.6. The van der Waals surface area contributed by atoms with E-state index in [2.05, 4.69) is 13.2 Å². The van der Waals surface area contributed by atoms with Crippen molar-refractivity contribution in [3.8, 4) is 0 Å². The van der Waals surface area contributed by atoms with Crippen molar-refractivity contribution in [3.05, 3.63) is 54.6 Å². The zero-order valence-corrected chi connectivity index (χ0v) is 22.9. The van der Waals surface area contributed by atoms with E-state index in [1.165, 1.54) is 4.90 Å². The van der Waals surface area contributed by atoms with E-state index in [1.54, 1.807) is 17.1 Å². The molecule has 3 heterocycles. The highest BCUT2D eigenvalue weighted by Crippen LogP contribution is 2.65. The van der Waals surface area contributed by atoms with Crippen LogP contribution in [0.3, 0.4) is 0 Å². The van der Waals surface area contributed by atoms with Crippen LogP contribution in [-0.2, 0) is 23.9 Å². The molecule has 1 aromatic rings. The summed E-state index contributed by atoms with van der Waals surface area (Å²) < 4.78 is 12.3. The number of carbonyl (C=O) groups is 3. The fourth-order valence-corrected chi connectivity index (χ4v) is 6.81. The average Bonchev–Trinajstić information content (AvgIpc) is 3.38. The van der Waals surface area contributed by atoms with Crippen molar-refractivity contribution in [1.82, 2.24) is 4.90 Å². The number of carbonyl (C=O) groups excluding carboxylic acids is 3. The Labute approximate surface area is 225 Å². The Balaban J connectivity index is 1.77. The molecule has 6 atom stereocenters. The fraction of sp³-hybridized carbons (Fsp3) is 0.567. The van der Waals surface area contributed by atoms with E-state index < -0.39 is 35.0 Å². The van der Waals surface area contributed by atoms with E-state index >= 15 is 0 Å². The normalized spacial score (nSPS) is 31.3. The molecule has 0 radical (unpaired) electrons. The van der Waals surface area contributed by atoms with Crippen LogP contribution in [0.5, 0.6) is 0 Å². The molecule has 0 aromatic heterocycles. The van der Waals surface area contributed by atoms with Crippen LogP contribution in [0.2, 0.25) is 0 Å². The molecule has 3 saturated heterocycles. The number of anilines is 1. The highest BCUT2D eigenvalue weighted by Gasteiger charge is 2.80. The molecule has 8 heteroatoms. The molecule has 0 saturated carbocycles. The Hall–Kier alpha value is -2.97. The summed E-state index contributed by atoms with van der Waals surface area (Å²) in [7, 11) is 0. The lowest BCUT2D eigenvalue weighted by molar-refractivity contribution is -0.161. The predicted molar refractivity (Wildman–Crippen MR) is 144 cm³/mol. The number of hydrogen-bond acceptors (Lipinski definition) is 6. The minimum absolute atomic E-state index is 0.0300. The van der Waals surface area contributed by atoms with Gasteiger partial charge in [-0.25, -0.2) is 0 Å². The van der Waals surface area contributed by atoms with Crippen LogP contribution in [-0.4, -0.2) is 71.3 Å². The first kappa shape index (κ1) is 28.0. The van der Waals surface area contributed by atoms with Crippen molar-refractivity contribution in [3.63, 3.8) is 0 Å². The van der Waals surface area contributed by atoms with Crippen LogP contribution in [0.15, 0.2) is 43.5 Å². The Morgan fingerprint density at radius 2 is 2.03 bits per heavy atom. The van der Waals surface area contributed by atoms with Crippen molar-refractivity contribution < 1.29 is 29.0 Å². The third kappa shape index (κ3) is 4.28. The minimum atomic E-state index is -1.19. The highest BCUT2D eigenvalue weighted by molar-refractivity contribution is 6.05. The molecule has 2 bridgehead atoms. The smallest absolute Gasteiger partial charge is 0.312 e. The Kier molecular flexibility index (Phi) is 7.86. The van der Waals surface area contributed by atoms with E-state index in [0.717, 1.165) is 16.8 Å². The van der Waals surface area contributed by atoms with Crippen LogP contribution in [0.25, 0.3) is 0 Å². The maximum Gasteiger partial charge on any atom is 0.312 e. The number of hydrogen-bond donors (Lipinski definition) is 1. The largest absolute Gasteiger partial charge is 0.465 e. The lowest BCUT2D eigenvalue weighted by Gasteiger charge is -2.37. The van der Waals surface area contributed by atoms with Gasteiger partial charge in [-0.2, -0.15) is 0 Å². The van der Waals surface area contributed by atoms with Crippen LogP contribution in [0.1, 0.15) is 44.2 Å². The van der Waals surface area contributed by atoms with Gasteiger partial charge >= 0.3 is 5.97 Å². The molecule has 1 aromatic carbocycles. The number of rotatable bonds is 11. The second-order valence-electron chi connectivity index (χ2n) is 11.1. The molecule has 0 aliphatic carbocycles. The van der Waals surface area contributed by atoms with E-state index in [0.29, 0.717) is 19.3 Å². The van der Waals surface area contributed by atoms with E-state index in [1.807, 2.05) is 45.9 Å². The van der Waals surface area contributed by atoms with Gasteiger partial charge in [0.2, 0.25) is 5.91 Å². The van der Waals surface area contributed by atoms with Crippen molar-refractivity contribution >= 4 is 23.5 Å². The standard InChI is InChI=1S/C30H40N2O6/c1-7-9-10-16-37-28(36)24-23-26(34)32(14-15-33)25(30(23)18-21(5)29(24,6)38-30)27(35)31(13-8-2)22-17-19(3)11-12-20(22)4/h7-8,11-12,17,21,23-25,33H,1-2,9-10,13-16,18H2,3-6H3/t21?,23-,24-,25?,29+,30?/m0/s1. The predicted octanol–water partition coefficient (Wildman–Crippen LogP) is 3.33. The number of allylic oxidation sites excluding steroid dienone is 1. The third-order valence-corrected chi connectivity index (χ3v) is 8.67. The molecule has 3 aliphatic heterocycles. The molecular weight excluding hydrogens is 484 g/mol. The number of aryl methyl sites for hydroxylation is 2. The number of amides is 2. The number of aliphatic hydroxyl groups excluding tert-OH is 1. The van der Waals surface area contributed by atoms with Crippen molar-refractivity contribution in [2.75, 3.05) is 31.2 Å². The number of aliphatic hydroxyl groups is 1. The van der Waals surface area contributed by atoms with Crippen LogP contribution >= 0.6 is 0 Å². The average molecular weight is 525 g/mol. The molecule has 206 valence electrons. The zero-order chi connectivity index (χ0) is 27.8. The Morgan fingerprint density at radius 1 is 1.29 bits per heavy atom. The van der Waals surface area contributed by atoms with Gasteiger partial charge in [0.15, 0.2) is 0 Å². The summed E-state index contributed by atoms with van der Waals surface area (Å²) in [6.07, 6.45) is 5.23. The number of likely N-dealkylation sites (tertiary alicyclic amines) is 1. The summed E-state index contributed by atoms with van der Waals surface area (Å²) in [6, 6.07) is 4.89. The first-order valence-corrected chi connectivity index (χ1v) is 13.5. The molecule has 8 nitrogen and oxygen atoms in total. The van der Waals surface area contributed by atoms with Crippen LogP contribution in [0.4, 0.5) is 5.69 Å². The summed E-state index contributed by atoms with van der Waals surface area (Å²) >= 11 is 0. The Bertz CT molecular complexity index is 1130. The number of benzene rings is 1. The third-order valence-electron chi connectivity index (χ3n) is 8.67. The number of unbranched alkanes of at least 4 members (excludes halogenated alkanes) is 1. The Morgan fingerprint density at radius 3 is 2.68 bits per heavy atom. The summed E-state index contributed by atoms with van der Waals surface area (Å²) in [6.45, 7) is 15.4. The van der Waals surface area contributed by atoms with Crippen molar-refractivity contribution in [1.29, 1.82) is 0 Å². The van der Waals surface area contributed by atoms with Gasteiger partial charge in [0.1, 0.15) is 17.6 Å². The monoisotopic (exact) mass is 524 g/mol. The molecular formula is C30H40N2O6. The van der Waals surface area contributed by atoms with Gasteiger partial charge in [-0.05, 0) is 63.1 Å². The van der Waals surface area contributed by atoms with Gasteiger partial charge in [-0.3, -0.25) is 14.4 Å². The van der Waals surface area contributed by atoms with Gasteiger partial charge in [0, 0.05) is 18.8 Å². The quantitative estimate of drug-likeness (QED) is 0.271. The van der Waals surface area contributed by atoms with E-state index in [4.69, 9.17) is 9.47 Å². The molecule has 3 unspecified atom stereocenters. The molecule has 2 amide bonds. The first-order chi connectivity index (χ1) is 18.1. The molecule has 1 N–H and O–H groups in total. The van der Waals surface area contributed by atoms with Crippen molar-refractivity contribution in [2.45, 2.75) is 64.2 Å². The maximum absolute atomic E-state index is 14.5. The van der Waals surface area contributed by atoms with E-state index in [-0.39, 0.29) is 44.0 Å². The van der Waals surface area contributed by atoms with Crippen LogP contribution in [0, 0.1) is 31.6 Å². The van der Waals surface area contributed by atoms with Gasteiger partial charge in [-0.1, -0.05) is 31.2 Å². The van der Waals surface area contributed by atoms with Crippen molar-refractivity contribution in [2.24, 2.45) is 17.8 Å². The van der Waals surface area contributed by atoms with Gasteiger partial charge < -0.3 is 24.4 Å². The van der Waals surface area contributed by atoms with Gasteiger partial charge in [-0.15, -0.1) is 13.2 Å². The molecule has 3 aliphatic rings. The van der Waals surface area contributed by atoms with Gasteiger partial charge in [0.05, 0.1) is 24.7 Å². The lowest BCUT2D eigenvalue weighted by Crippen LogP contribution is -2.57. The van der Waals surface area contributed by atoms with Gasteiger partial charge in [0.25, 0.3) is 5.91 Å². The molecule has 3 fully saturated rings. The topological polar surface area (TPSA) is 96.4 Å². The SMILES string of the molecule is C=CCCCOC(=O)[C@@H]1[C@H]2C(=O)N(CCO)C(C(=O)N(CC=C)c3cc(C)ccc3C)C23CC(C)[C@@]1(C)O3. The second-order valence-corrected chi connectivity index (χ2v) is 11.1. The number of ether oxygens (including phenoxy) is 2. The minimum Gasteiger partial charge on any atom is -0.465 e. The summed E-state index contributed by atoms with van der Waals surface area (Å²) in [5, 5.41) is 9.88. The number of nitrogens with zero attached hydrogens (tertiary/aromatic N) is 2. The molecule has 4 rings (SSSR count). The first-order valence-electron chi connectivity index (χ1n) is 13.5. The fourth-order valence-electron chi connectivity index (χ4n) is 6.81. The maximum atomic E-state index is 14.5. The molecule has 38 heavy (non-hydrogen) atoms. The van der Waals surface area contributed by atoms with Crippen LogP contribution < -0.4 is 4.90 Å². The molecule has 1 spiro atoms. The number of esters is 1. The summed E-state index contributed by atoms with van der Waals surface area (Å²) in [5.41, 5.74) is 0.505. The summed E-state index contributed by atoms with van der Waals surface area (Å²) in [4.78, 5) is 45.0. The number of fused-ring (bicyclic) bond motifs is 1.